The average molecular weight is 353 g/mol. The Morgan fingerprint density at radius 2 is 2.08 bits per heavy atom. The molecule has 2 rings (SSSR count). The Kier molecular flexibility index (Phi) is 6.52. The summed E-state index contributed by atoms with van der Waals surface area (Å²) in [5.74, 6) is 1.64. The molecule has 130 valence electrons. The number of hydrogen-bond donors (Lipinski definition) is 2. The van der Waals surface area contributed by atoms with E-state index in [1.807, 2.05) is 12.1 Å². The normalized spacial score (nSPS) is 11.8. The number of ether oxygens (including phenoxy) is 2. The summed E-state index contributed by atoms with van der Waals surface area (Å²) in [5.41, 5.74) is 0.892. The van der Waals surface area contributed by atoms with E-state index < -0.39 is 0 Å². The lowest BCUT2D eigenvalue weighted by atomic mass is 10.2. The third-order valence-electron chi connectivity index (χ3n) is 3.52. The lowest BCUT2D eigenvalue weighted by Crippen LogP contribution is -2.41. The van der Waals surface area contributed by atoms with Gasteiger partial charge in [-0.3, -0.25) is 4.79 Å². The maximum atomic E-state index is 12.1. The number of benzene rings is 1. The molecule has 0 aliphatic heterocycles. The Balaban J connectivity index is 1.90. The number of amides is 1. The second kappa shape index (κ2) is 8.61. The maximum Gasteiger partial charge on any atom is 0.237 e. The van der Waals surface area contributed by atoms with Gasteiger partial charge in [0, 0.05) is 6.54 Å². The SMILES string of the molecule is COc1cc(CNC(C)C(=O)NCc2ccco2)cc(Cl)c1OC. The van der Waals surface area contributed by atoms with Crippen molar-refractivity contribution >= 4 is 17.5 Å². The minimum absolute atomic E-state index is 0.113. The number of hydrogen-bond acceptors (Lipinski definition) is 5. The van der Waals surface area contributed by atoms with Crippen molar-refractivity contribution in [3.63, 3.8) is 0 Å². The van der Waals surface area contributed by atoms with Crippen LogP contribution in [0.2, 0.25) is 5.02 Å². The van der Waals surface area contributed by atoms with E-state index in [0.717, 1.165) is 5.56 Å². The average Bonchev–Trinajstić information content (AvgIpc) is 3.10. The first-order chi connectivity index (χ1) is 11.5. The van der Waals surface area contributed by atoms with Gasteiger partial charge in [-0.15, -0.1) is 0 Å². The molecule has 1 aromatic heterocycles. The molecule has 0 saturated heterocycles. The Labute approximate surface area is 146 Å². The molecule has 1 heterocycles. The third kappa shape index (κ3) is 4.66. The van der Waals surface area contributed by atoms with E-state index in [-0.39, 0.29) is 11.9 Å². The zero-order valence-corrected chi connectivity index (χ0v) is 14.6. The summed E-state index contributed by atoms with van der Waals surface area (Å²) in [6, 6.07) is 6.83. The Bertz CT molecular complexity index is 673. The van der Waals surface area contributed by atoms with Gasteiger partial charge < -0.3 is 24.5 Å². The molecule has 1 unspecified atom stereocenters. The van der Waals surface area contributed by atoms with Crippen LogP contribution in [-0.2, 0) is 17.9 Å². The van der Waals surface area contributed by atoms with E-state index in [9.17, 15) is 4.79 Å². The molecular weight excluding hydrogens is 332 g/mol. The highest BCUT2D eigenvalue weighted by atomic mass is 35.5. The van der Waals surface area contributed by atoms with Gasteiger partial charge >= 0.3 is 0 Å². The van der Waals surface area contributed by atoms with E-state index >= 15 is 0 Å². The summed E-state index contributed by atoms with van der Waals surface area (Å²) < 4.78 is 15.6. The predicted octanol–water partition coefficient (Wildman–Crippen LogP) is 2.74. The van der Waals surface area contributed by atoms with Crippen molar-refractivity contribution in [1.82, 2.24) is 10.6 Å². The Morgan fingerprint density at radius 1 is 1.29 bits per heavy atom. The number of nitrogens with one attached hydrogen (secondary N) is 2. The molecule has 1 atom stereocenters. The molecule has 1 amide bonds. The Morgan fingerprint density at radius 3 is 2.71 bits per heavy atom. The first kappa shape index (κ1) is 18.2. The first-order valence-electron chi connectivity index (χ1n) is 7.49. The van der Waals surface area contributed by atoms with E-state index in [1.165, 1.54) is 7.11 Å². The summed E-state index contributed by atoms with van der Waals surface area (Å²) in [5, 5.41) is 6.42. The van der Waals surface area contributed by atoms with Gasteiger partial charge in [0.1, 0.15) is 5.76 Å². The van der Waals surface area contributed by atoms with Crippen molar-refractivity contribution < 1.29 is 18.7 Å². The third-order valence-corrected chi connectivity index (χ3v) is 3.80. The molecule has 7 heteroatoms. The van der Waals surface area contributed by atoms with Crippen molar-refractivity contribution in [3.8, 4) is 11.5 Å². The van der Waals surface area contributed by atoms with Crippen LogP contribution in [0.3, 0.4) is 0 Å². The van der Waals surface area contributed by atoms with Gasteiger partial charge in [-0.25, -0.2) is 0 Å². The van der Waals surface area contributed by atoms with E-state index in [0.29, 0.717) is 35.4 Å². The van der Waals surface area contributed by atoms with Crippen LogP contribution in [0.4, 0.5) is 0 Å². The number of carbonyl (C=O) groups is 1. The van der Waals surface area contributed by atoms with Crippen molar-refractivity contribution in [1.29, 1.82) is 0 Å². The van der Waals surface area contributed by atoms with Crippen LogP contribution in [0.1, 0.15) is 18.2 Å². The van der Waals surface area contributed by atoms with Crippen LogP contribution in [0.5, 0.6) is 11.5 Å². The van der Waals surface area contributed by atoms with Gasteiger partial charge in [-0.2, -0.15) is 0 Å². The van der Waals surface area contributed by atoms with Crippen LogP contribution in [-0.4, -0.2) is 26.2 Å². The molecule has 0 aliphatic carbocycles. The summed E-state index contributed by atoms with van der Waals surface area (Å²) in [6.45, 7) is 2.62. The van der Waals surface area contributed by atoms with E-state index in [2.05, 4.69) is 10.6 Å². The Hall–Kier alpha value is -2.18. The van der Waals surface area contributed by atoms with Gasteiger partial charge in [0.15, 0.2) is 11.5 Å². The molecule has 0 bridgehead atoms. The number of furan rings is 1. The van der Waals surface area contributed by atoms with Crippen LogP contribution in [0.25, 0.3) is 0 Å². The second-order valence-electron chi connectivity index (χ2n) is 5.21. The van der Waals surface area contributed by atoms with Crippen LogP contribution >= 0.6 is 11.6 Å². The minimum Gasteiger partial charge on any atom is -0.493 e. The summed E-state index contributed by atoms with van der Waals surface area (Å²) in [6.07, 6.45) is 1.57. The molecule has 0 aliphatic rings. The second-order valence-corrected chi connectivity index (χ2v) is 5.62. The number of halogens is 1. The zero-order valence-electron chi connectivity index (χ0n) is 13.9. The smallest absolute Gasteiger partial charge is 0.237 e. The molecule has 24 heavy (non-hydrogen) atoms. The summed E-state index contributed by atoms with van der Waals surface area (Å²) in [4.78, 5) is 12.1. The maximum absolute atomic E-state index is 12.1. The van der Waals surface area contributed by atoms with Crippen LogP contribution in [0, 0.1) is 0 Å². The fourth-order valence-electron chi connectivity index (χ4n) is 2.18. The summed E-state index contributed by atoms with van der Waals surface area (Å²) in [7, 11) is 3.09. The standard InChI is InChI=1S/C17H21ClN2O4/c1-11(17(21)20-10-13-5-4-6-24-13)19-9-12-7-14(18)16(23-3)15(8-12)22-2/h4-8,11,19H,9-10H2,1-3H3,(H,20,21). The predicted molar refractivity (Wildman–Crippen MR) is 91.4 cm³/mol. The highest BCUT2D eigenvalue weighted by Crippen LogP contribution is 2.35. The fourth-order valence-corrected chi connectivity index (χ4v) is 2.49. The molecule has 2 aromatic rings. The highest BCUT2D eigenvalue weighted by molar-refractivity contribution is 6.32. The molecule has 0 fully saturated rings. The van der Waals surface area contributed by atoms with Gasteiger partial charge in [0.2, 0.25) is 5.91 Å². The molecule has 0 saturated carbocycles. The lowest BCUT2D eigenvalue weighted by Gasteiger charge is -2.15. The van der Waals surface area contributed by atoms with Crippen LogP contribution < -0.4 is 20.1 Å². The van der Waals surface area contributed by atoms with E-state index in [1.54, 1.807) is 32.4 Å². The van der Waals surface area contributed by atoms with E-state index in [4.69, 9.17) is 25.5 Å². The number of methoxy groups -OCH3 is 2. The monoisotopic (exact) mass is 352 g/mol. The number of carbonyl (C=O) groups excluding carboxylic acids is 1. The number of rotatable bonds is 8. The van der Waals surface area contributed by atoms with Gasteiger partial charge in [-0.1, -0.05) is 11.6 Å². The fraction of sp³-hybridized carbons (Fsp3) is 0.353. The first-order valence-corrected chi connectivity index (χ1v) is 7.86. The van der Waals surface area contributed by atoms with Crippen molar-refractivity contribution in [3.05, 3.63) is 46.9 Å². The molecule has 0 spiro atoms. The summed E-state index contributed by atoms with van der Waals surface area (Å²) >= 11 is 6.18. The molecule has 6 nitrogen and oxygen atoms in total. The molecule has 0 radical (unpaired) electrons. The minimum atomic E-state index is -0.369. The van der Waals surface area contributed by atoms with Gasteiger partial charge in [0.05, 0.1) is 38.1 Å². The van der Waals surface area contributed by atoms with Crippen molar-refractivity contribution in [2.75, 3.05) is 14.2 Å². The van der Waals surface area contributed by atoms with Gasteiger partial charge in [-0.05, 0) is 36.8 Å². The van der Waals surface area contributed by atoms with Crippen LogP contribution in [0.15, 0.2) is 34.9 Å². The molecular formula is C17H21ClN2O4. The molecule has 2 N–H and O–H groups in total. The van der Waals surface area contributed by atoms with Gasteiger partial charge in [0.25, 0.3) is 0 Å². The molecule has 1 aromatic carbocycles. The quantitative estimate of drug-likeness (QED) is 0.764. The van der Waals surface area contributed by atoms with Crippen molar-refractivity contribution in [2.45, 2.75) is 26.1 Å². The lowest BCUT2D eigenvalue weighted by molar-refractivity contribution is -0.123. The van der Waals surface area contributed by atoms with Crippen molar-refractivity contribution in [2.24, 2.45) is 0 Å². The zero-order chi connectivity index (χ0) is 17.5. The highest BCUT2D eigenvalue weighted by Gasteiger charge is 2.14. The largest absolute Gasteiger partial charge is 0.493 e. The topological polar surface area (TPSA) is 72.7 Å².